The lowest BCUT2D eigenvalue weighted by Crippen LogP contribution is -2.38. The third-order valence-electron chi connectivity index (χ3n) is 11.6. The van der Waals surface area contributed by atoms with Gasteiger partial charge in [-0.15, -0.1) is 11.3 Å². The van der Waals surface area contributed by atoms with E-state index in [1.54, 1.807) is 0 Å². The van der Waals surface area contributed by atoms with Gasteiger partial charge in [0.25, 0.3) is 0 Å². The van der Waals surface area contributed by atoms with Crippen LogP contribution in [0.2, 0.25) is 0 Å². The molecule has 0 amide bonds. The second-order valence-electron chi connectivity index (χ2n) is 15.2. The van der Waals surface area contributed by atoms with Crippen molar-refractivity contribution in [3.63, 3.8) is 0 Å². The quantitative estimate of drug-likeness (QED) is 0.151. The Morgan fingerprint density at radius 1 is 0.796 bits per heavy atom. The lowest BCUT2D eigenvalue weighted by molar-refractivity contribution is 0.428. The minimum absolute atomic E-state index is 0.0909. The number of fused-ring (bicyclic) bond motifs is 4. The van der Waals surface area contributed by atoms with Gasteiger partial charge >= 0.3 is 0 Å². The first-order valence-corrected chi connectivity index (χ1v) is 20.4. The fraction of sp³-hybridized carbons (Fsp3) is 0.220. The fourth-order valence-electron chi connectivity index (χ4n) is 8.77. The highest BCUT2D eigenvalue weighted by molar-refractivity contribution is 7.10. The van der Waals surface area contributed by atoms with Gasteiger partial charge in [-0.2, -0.15) is 0 Å². The lowest BCUT2D eigenvalue weighted by Gasteiger charge is -2.32. The zero-order valence-electron chi connectivity index (χ0n) is 31.7. The maximum absolute atomic E-state index is 5.30. The van der Waals surface area contributed by atoms with Crippen LogP contribution in [0.4, 0.5) is 17.1 Å². The minimum atomic E-state index is -0.0909. The van der Waals surface area contributed by atoms with Crippen LogP contribution in [0.25, 0.3) is 28.3 Å². The van der Waals surface area contributed by atoms with Crippen molar-refractivity contribution < 1.29 is 0 Å². The Balaban J connectivity index is 1.13. The summed E-state index contributed by atoms with van der Waals surface area (Å²) in [5.74, 6) is 1.05. The molecule has 4 heteroatoms. The Morgan fingerprint density at radius 3 is 2.26 bits per heavy atom. The van der Waals surface area contributed by atoms with Crippen LogP contribution in [0.5, 0.6) is 0 Å². The summed E-state index contributed by atoms with van der Waals surface area (Å²) in [5.41, 5.74) is 15.2. The molecule has 2 heterocycles. The van der Waals surface area contributed by atoms with E-state index in [-0.39, 0.29) is 17.5 Å². The molecule has 0 spiro atoms. The average molecular weight is 722 g/mol. The van der Waals surface area contributed by atoms with Gasteiger partial charge in [0.1, 0.15) is 5.84 Å². The zero-order chi connectivity index (χ0) is 36.8. The van der Waals surface area contributed by atoms with Crippen LogP contribution < -0.4 is 4.90 Å². The number of hydrogen-bond acceptors (Lipinski definition) is 4. The van der Waals surface area contributed by atoms with Crippen molar-refractivity contribution >= 4 is 40.3 Å². The normalized spacial score (nSPS) is 19.1. The van der Waals surface area contributed by atoms with E-state index in [0.29, 0.717) is 0 Å². The summed E-state index contributed by atoms with van der Waals surface area (Å²) in [6.45, 7) is 9.18. The van der Waals surface area contributed by atoms with E-state index in [0.717, 1.165) is 54.1 Å². The van der Waals surface area contributed by atoms with Crippen molar-refractivity contribution in [2.75, 3.05) is 4.90 Å². The molecule has 2 unspecified atom stereocenters. The van der Waals surface area contributed by atoms with E-state index < -0.39 is 0 Å². The van der Waals surface area contributed by atoms with Crippen LogP contribution in [0, 0.1) is 0 Å². The monoisotopic (exact) mass is 721 g/mol. The van der Waals surface area contributed by atoms with Gasteiger partial charge in [-0.3, -0.25) is 4.99 Å². The Kier molecular flexibility index (Phi) is 8.95. The number of aryl methyl sites for hydroxylation is 1. The Hall–Kier alpha value is -5.45. The number of thiophene rings is 1. The van der Waals surface area contributed by atoms with Crippen LogP contribution in [-0.4, -0.2) is 22.8 Å². The SMILES string of the molecule is CC/C=C\c1c(-c2ccc(N(c3ccc(C4=NC5C=CC=CC5N4C4=CC=CCC4)cc3)c3ccc4c(c3)C(C)(C)c3ccccc3-4)cc2)csc1CC. The van der Waals surface area contributed by atoms with E-state index in [1.807, 2.05) is 11.3 Å². The topological polar surface area (TPSA) is 18.8 Å². The maximum Gasteiger partial charge on any atom is 0.136 e. The molecule has 4 aliphatic rings. The highest BCUT2D eigenvalue weighted by Crippen LogP contribution is 2.50. The number of nitrogens with zero attached hydrogens (tertiary/aromatic N) is 3. The predicted octanol–water partition coefficient (Wildman–Crippen LogP) is 13.3. The van der Waals surface area contributed by atoms with Crippen LogP contribution in [0.3, 0.4) is 0 Å². The van der Waals surface area contributed by atoms with Crippen LogP contribution >= 0.6 is 11.3 Å². The van der Waals surface area contributed by atoms with Crippen molar-refractivity contribution in [2.24, 2.45) is 4.99 Å². The molecule has 3 aliphatic carbocycles. The van der Waals surface area contributed by atoms with Gasteiger partial charge in [-0.25, -0.2) is 0 Å². The van der Waals surface area contributed by atoms with E-state index in [9.17, 15) is 0 Å². The Bertz CT molecular complexity index is 2400. The van der Waals surface area contributed by atoms with Gasteiger partial charge in [-0.1, -0.05) is 119 Å². The summed E-state index contributed by atoms with van der Waals surface area (Å²) in [6, 6.07) is 34.6. The predicted molar refractivity (Wildman–Crippen MR) is 231 cm³/mol. The molecule has 3 nitrogen and oxygen atoms in total. The van der Waals surface area contributed by atoms with Crippen LogP contribution in [-0.2, 0) is 11.8 Å². The van der Waals surface area contributed by atoms with Gasteiger partial charge in [0.05, 0.1) is 12.1 Å². The summed E-state index contributed by atoms with van der Waals surface area (Å²) in [5, 5.41) is 2.33. The van der Waals surface area contributed by atoms with Crippen LogP contribution in [0.1, 0.15) is 74.1 Å². The molecular formula is C50H47N3S. The van der Waals surface area contributed by atoms with E-state index in [4.69, 9.17) is 4.99 Å². The van der Waals surface area contributed by atoms with Gasteiger partial charge in [-0.05, 0) is 125 Å². The van der Waals surface area contributed by atoms with Crippen LogP contribution in [0.15, 0.2) is 156 Å². The number of anilines is 3. The summed E-state index contributed by atoms with van der Waals surface area (Å²) in [7, 11) is 0. The van der Waals surface area contributed by atoms with Gasteiger partial charge in [0.15, 0.2) is 0 Å². The first-order valence-electron chi connectivity index (χ1n) is 19.6. The summed E-state index contributed by atoms with van der Waals surface area (Å²) in [4.78, 5) is 11.6. The molecule has 0 saturated heterocycles. The Morgan fingerprint density at radius 2 is 1.52 bits per heavy atom. The largest absolute Gasteiger partial charge is 0.321 e. The van der Waals surface area contributed by atoms with Gasteiger partial charge in [0.2, 0.25) is 0 Å². The highest BCUT2D eigenvalue weighted by Gasteiger charge is 2.37. The van der Waals surface area contributed by atoms with E-state index in [2.05, 4.69) is 189 Å². The lowest BCUT2D eigenvalue weighted by atomic mass is 9.82. The van der Waals surface area contributed by atoms with Crippen molar-refractivity contribution in [2.45, 2.75) is 70.9 Å². The molecule has 0 radical (unpaired) electrons. The van der Waals surface area contributed by atoms with Crippen molar-refractivity contribution in [3.05, 3.63) is 178 Å². The number of rotatable bonds is 9. The third-order valence-corrected chi connectivity index (χ3v) is 12.7. The molecular weight excluding hydrogens is 675 g/mol. The first kappa shape index (κ1) is 34.3. The number of benzene rings is 4. The highest BCUT2D eigenvalue weighted by atomic mass is 32.1. The molecule has 1 aromatic heterocycles. The molecule has 0 N–H and O–H groups in total. The molecule has 5 aromatic rings. The maximum atomic E-state index is 5.30. The summed E-state index contributed by atoms with van der Waals surface area (Å²) >= 11 is 1.87. The summed E-state index contributed by atoms with van der Waals surface area (Å²) in [6.07, 6.45) is 24.3. The fourth-order valence-corrected chi connectivity index (χ4v) is 9.76. The van der Waals surface area contributed by atoms with Crippen molar-refractivity contribution in [3.8, 4) is 22.3 Å². The molecule has 268 valence electrons. The van der Waals surface area contributed by atoms with E-state index >= 15 is 0 Å². The number of hydrogen-bond donors (Lipinski definition) is 0. The number of allylic oxidation sites excluding steroid dienone is 7. The zero-order valence-corrected chi connectivity index (χ0v) is 32.5. The standard InChI is InChI=1S/C50H47N3S/c1-5-7-17-42-43(33-54-48(42)6-2)34-22-26-37(27-23-34)52(39-30-31-41-40-18-11-12-19-44(40)50(3,4)45(41)32-39)38-28-24-35(25-29-38)49-51-46-20-13-14-21-47(46)53(49)36-15-9-8-10-16-36/h7-9,11-15,17-33,46-47H,5-6,10,16H2,1-4H3/b17-7-. The second-order valence-corrected chi connectivity index (χ2v) is 16.1. The summed E-state index contributed by atoms with van der Waals surface area (Å²) < 4.78 is 0. The molecule has 9 rings (SSSR count). The molecule has 1 aliphatic heterocycles. The Labute approximate surface area is 324 Å². The number of aliphatic imine (C=N–C) groups is 1. The molecule has 0 bridgehead atoms. The van der Waals surface area contributed by atoms with Gasteiger partial charge < -0.3 is 9.80 Å². The molecule has 54 heavy (non-hydrogen) atoms. The minimum Gasteiger partial charge on any atom is -0.321 e. The van der Waals surface area contributed by atoms with Gasteiger partial charge in [0, 0.05) is 38.6 Å². The smallest absolute Gasteiger partial charge is 0.136 e. The first-order chi connectivity index (χ1) is 26.5. The molecule has 4 aromatic carbocycles. The van der Waals surface area contributed by atoms with E-state index in [1.165, 1.54) is 49.5 Å². The average Bonchev–Trinajstić information content (AvgIpc) is 3.88. The van der Waals surface area contributed by atoms with Crippen molar-refractivity contribution in [1.29, 1.82) is 0 Å². The number of amidine groups is 1. The molecule has 0 fully saturated rings. The third kappa shape index (κ3) is 5.84. The molecule has 0 saturated carbocycles. The van der Waals surface area contributed by atoms with Crippen molar-refractivity contribution in [1.82, 2.24) is 4.90 Å². The molecule has 2 atom stereocenters. The second kappa shape index (κ2) is 14.1.